The van der Waals surface area contributed by atoms with Gasteiger partial charge in [-0.1, -0.05) is 31.5 Å². The molecule has 2 heterocycles. The molecule has 0 N–H and O–H groups in total. The zero-order chi connectivity index (χ0) is 16.7. The van der Waals surface area contributed by atoms with Crippen LogP contribution in [0.4, 0.5) is 0 Å². The summed E-state index contributed by atoms with van der Waals surface area (Å²) in [6.07, 6.45) is 3.58. The maximum Gasteiger partial charge on any atom is 0.164 e. The van der Waals surface area contributed by atoms with Crippen LogP contribution in [-0.4, -0.2) is 4.98 Å². The first-order chi connectivity index (χ1) is 11.7. The van der Waals surface area contributed by atoms with Crippen LogP contribution in [0.15, 0.2) is 40.8 Å². The molecule has 0 aliphatic carbocycles. The largest absolute Gasteiger partial charge is 0.454 e. The molecule has 2 nitrogen and oxygen atoms in total. The summed E-state index contributed by atoms with van der Waals surface area (Å²) in [7, 11) is 0. The fourth-order valence-corrected chi connectivity index (χ4v) is 4.16. The van der Waals surface area contributed by atoms with Gasteiger partial charge in [-0.3, -0.25) is 0 Å². The molecule has 0 aliphatic rings. The van der Waals surface area contributed by atoms with Crippen molar-refractivity contribution in [1.29, 1.82) is 0 Å². The van der Waals surface area contributed by atoms with Crippen molar-refractivity contribution in [2.45, 2.75) is 40.0 Å². The number of hydrogen-bond acceptors (Lipinski definition) is 3. The van der Waals surface area contributed by atoms with Crippen molar-refractivity contribution >= 4 is 32.5 Å². The predicted molar refractivity (Wildman–Crippen MR) is 103 cm³/mol. The number of nitrogens with zero attached hydrogens (tertiary/aromatic N) is 1. The maximum atomic E-state index is 6.07. The third-order valence-corrected chi connectivity index (χ3v) is 5.76. The number of furan rings is 1. The lowest BCUT2D eigenvalue weighted by Crippen LogP contribution is -1.82. The Morgan fingerprint density at radius 2 is 1.88 bits per heavy atom. The second kappa shape index (κ2) is 6.06. The first-order valence-corrected chi connectivity index (χ1v) is 9.37. The molecule has 0 unspecified atom stereocenters. The van der Waals surface area contributed by atoms with Gasteiger partial charge in [0.1, 0.15) is 5.58 Å². The molecule has 0 saturated heterocycles. The fraction of sp³-hybridized carbons (Fsp3) is 0.286. The highest BCUT2D eigenvalue weighted by Gasteiger charge is 2.14. The van der Waals surface area contributed by atoms with Gasteiger partial charge in [-0.25, -0.2) is 4.98 Å². The minimum Gasteiger partial charge on any atom is -0.454 e. The van der Waals surface area contributed by atoms with Crippen LogP contribution in [0.3, 0.4) is 0 Å². The summed E-state index contributed by atoms with van der Waals surface area (Å²) in [5.74, 6) is 0.873. The molecule has 4 rings (SSSR count). The van der Waals surface area contributed by atoms with Crippen molar-refractivity contribution in [3.05, 3.63) is 53.1 Å². The maximum absolute atomic E-state index is 6.07. The van der Waals surface area contributed by atoms with Gasteiger partial charge < -0.3 is 4.42 Å². The lowest BCUT2D eigenvalue weighted by atomic mass is 10.1. The van der Waals surface area contributed by atoms with Gasteiger partial charge >= 0.3 is 0 Å². The molecule has 0 bridgehead atoms. The molecule has 0 saturated carbocycles. The normalized spacial score (nSPS) is 11.6. The van der Waals surface area contributed by atoms with E-state index in [9.17, 15) is 0 Å². The lowest BCUT2D eigenvalue weighted by molar-refractivity contribution is 0.631. The van der Waals surface area contributed by atoms with Crippen molar-refractivity contribution < 1.29 is 4.42 Å². The van der Waals surface area contributed by atoms with E-state index < -0.39 is 0 Å². The van der Waals surface area contributed by atoms with E-state index in [2.05, 4.69) is 57.2 Å². The van der Waals surface area contributed by atoms with Crippen LogP contribution in [0.25, 0.3) is 32.0 Å². The number of aryl methyl sites for hydroxylation is 3. The Kier molecular flexibility index (Phi) is 3.89. The molecular formula is C21H21NOS. The van der Waals surface area contributed by atoms with E-state index in [1.54, 1.807) is 11.3 Å². The van der Waals surface area contributed by atoms with Crippen LogP contribution in [-0.2, 0) is 6.42 Å². The summed E-state index contributed by atoms with van der Waals surface area (Å²) >= 11 is 1.72. The Hall–Kier alpha value is -2.13. The third-order valence-electron chi connectivity index (χ3n) is 4.55. The first-order valence-electron chi connectivity index (χ1n) is 8.55. The van der Waals surface area contributed by atoms with Crippen LogP contribution in [0, 0.1) is 13.8 Å². The molecule has 3 heteroatoms. The molecule has 0 fully saturated rings. The first kappa shape index (κ1) is 15.4. The standard InChI is InChI=1S/C21H21NOS/c1-4-5-6-15-9-10-17-16(11-15)12-18(23-17)21-22-19-13(2)7-8-14(3)20(19)24-21/h7-12H,4-6H2,1-3H3. The van der Waals surface area contributed by atoms with Crippen LogP contribution >= 0.6 is 11.3 Å². The minimum absolute atomic E-state index is 0.873. The summed E-state index contributed by atoms with van der Waals surface area (Å²) in [6.45, 7) is 6.48. The topological polar surface area (TPSA) is 26.0 Å². The Bertz CT molecular complexity index is 986. The van der Waals surface area contributed by atoms with Crippen molar-refractivity contribution in [3.8, 4) is 10.8 Å². The van der Waals surface area contributed by atoms with E-state index in [-0.39, 0.29) is 0 Å². The average Bonchev–Trinajstić information content (AvgIpc) is 3.20. The highest BCUT2D eigenvalue weighted by atomic mass is 32.1. The smallest absolute Gasteiger partial charge is 0.164 e. The number of fused-ring (bicyclic) bond motifs is 2. The Morgan fingerprint density at radius 3 is 2.67 bits per heavy atom. The van der Waals surface area contributed by atoms with Crippen molar-refractivity contribution in [2.75, 3.05) is 0 Å². The van der Waals surface area contributed by atoms with Crippen molar-refractivity contribution in [3.63, 3.8) is 0 Å². The number of hydrogen-bond donors (Lipinski definition) is 0. The van der Waals surface area contributed by atoms with Gasteiger partial charge in [0.2, 0.25) is 0 Å². The Balaban J connectivity index is 1.79. The third kappa shape index (κ3) is 2.63. The van der Waals surface area contributed by atoms with E-state index in [0.717, 1.165) is 28.3 Å². The van der Waals surface area contributed by atoms with Crippen LogP contribution < -0.4 is 0 Å². The van der Waals surface area contributed by atoms with Gasteiger partial charge in [-0.2, -0.15) is 0 Å². The Morgan fingerprint density at radius 1 is 1.04 bits per heavy atom. The summed E-state index contributed by atoms with van der Waals surface area (Å²) in [5.41, 5.74) is 5.91. The molecule has 2 aromatic heterocycles. The van der Waals surface area contributed by atoms with Gasteiger partial charge in [0, 0.05) is 5.39 Å². The number of thiazole rings is 1. The molecule has 0 radical (unpaired) electrons. The number of unbranched alkanes of at least 4 members (excludes halogenated alkanes) is 1. The van der Waals surface area contributed by atoms with Gasteiger partial charge in [0.05, 0.1) is 10.2 Å². The molecule has 0 amide bonds. The van der Waals surface area contributed by atoms with E-state index in [0.29, 0.717) is 0 Å². The number of rotatable bonds is 4. The summed E-state index contributed by atoms with van der Waals surface area (Å²) in [6, 6.07) is 13.0. The number of benzene rings is 2. The SMILES string of the molecule is CCCCc1ccc2oc(-c3nc4c(C)ccc(C)c4s3)cc2c1. The Labute approximate surface area is 146 Å². The van der Waals surface area contributed by atoms with Gasteiger partial charge in [-0.15, -0.1) is 11.3 Å². The summed E-state index contributed by atoms with van der Waals surface area (Å²) < 4.78 is 7.33. The summed E-state index contributed by atoms with van der Waals surface area (Å²) in [4.78, 5) is 4.84. The van der Waals surface area contributed by atoms with Crippen molar-refractivity contribution in [2.24, 2.45) is 0 Å². The van der Waals surface area contributed by atoms with E-state index in [1.165, 1.54) is 39.6 Å². The van der Waals surface area contributed by atoms with Gasteiger partial charge in [0.25, 0.3) is 0 Å². The minimum atomic E-state index is 0.873. The fourth-order valence-electron chi connectivity index (χ4n) is 3.10. The lowest BCUT2D eigenvalue weighted by Gasteiger charge is -1.98. The van der Waals surface area contributed by atoms with Crippen LogP contribution in [0.5, 0.6) is 0 Å². The van der Waals surface area contributed by atoms with Crippen molar-refractivity contribution in [1.82, 2.24) is 4.98 Å². The number of aromatic nitrogens is 1. The monoisotopic (exact) mass is 335 g/mol. The van der Waals surface area contributed by atoms with E-state index >= 15 is 0 Å². The molecule has 24 heavy (non-hydrogen) atoms. The molecule has 0 spiro atoms. The highest BCUT2D eigenvalue weighted by Crippen LogP contribution is 2.36. The van der Waals surface area contributed by atoms with E-state index in [4.69, 9.17) is 9.40 Å². The molecule has 122 valence electrons. The summed E-state index contributed by atoms with van der Waals surface area (Å²) in [5, 5.41) is 2.14. The second-order valence-electron chi connectivity index (χ2n) is 6.48. The highest BCUT2D eigenvalue weighted by molar-refractivity contribution is 7.21. The van der Waals surface area contributed by atoms with E-state index in [1.807, 2.05) is 0 Å². The second-order valence-corrected chi connectivity index (χ2v) is 7.48. The average molecular weight is 335 g/mol. The van der Waals surface area contributed by atoms with Gasteiger partial charge in [-0.05, 0) is 61.6 Å². The quantitative estimate of drug-likeness (QED) is 0.416. The molecule has 0 atom stereocenters. The van der Waals surface area contributed by atoms with Crippen LogP contribution in [0.1, 0.15) is 36.5 Å². The zero-order valence-electron chi connectivity index (χ0n) is 14.3. The van der Waals surface area contributed by atoms with Crippen LogP contribution in [0.2, 0.25) is 0 Å². The molecule has 4 aromatic rings. The molecular weight excluding hydrogens is 314 g/mol. The molecule has 0 aliphatic heterocycles. The van der Waals surface area contributed by atoms with Gasteiger partial charge in [0.15, 0.2) is 10.8 Å². The predicted octanol–water partition coefficient (Wildman–Crippen LogP) is 6.67. The molecule has 2 aromatic carbocycles. The zero-order valence-corrected chi connectivity index (χ0v) is 15.2.